The van der Waals surface area contributed by atoms with Gasteiger partial charge in [-0.2, -0.15) is 0 Å². The smallest absolute Gasteiger partial charge is 0.197 e. The molecule has 158 valence electrons. The average molecular weight is 396 g/mol. The van der Waals surface area contributed by atoms with E-state index >= 15 is 4.39 Å². The largest absolute Gasteiger partial charge is 0.493 e. The van der Waals surface area contributed by atoms with Crippen molar-refractivity contribution in [3.63, 3.8) is 0 Å². The van der Waals surface area contributed by atoms with Gasteiger partial charge in [0.25, 0.3) is 0 Å². The maximum atomic E-state index is 15.3. The summed E-state index contributed by atoms with van der Waals surface area (Å²) in [6.07, 6.45) is 2.72. The van der Waals surface area contributed by atoms with Crippen LogP contribution in [0.25, 0.3) is 0 Å². The van der Waals surface area contributed by atoms with E-state index in [0.29, 0.717) is 17.7 Å². The molecule has 0 saturated carbocycles. The first-order valence-electron chi connectivity index (χ1n) is 10.1. The number of hydrogen-bond acceptors (Lipinski definition) is 5. The van der Waals surface area contributed by atoms with E-state index in [9.17, 15) is 5.11 Å². The van der Waals surface area contributed by atoms with E-state index in [1.165, 1.54) is 7.11 Å². The minimum Gasteiger partial charge on any atom is -0.493 e. The van der Waals surface area contributed by atoms with Crippen LogP contribution in [-0.2, 0) is 11.2 Å². The van der Waals surface area contributed by atoms with Crippen molar-refractivity contribution in [2.45, 2.75) is 77.2 Å². The summed E-state index contributed by atoms with van der Waals surface area (Å²) in [5, 5.41) is 9.92. The van der Waals surface area contributed by atoms with E-state index in [0.717, 1.165) is 31.5 Å². The van der Waals surface area contributed by atoms with Gasteiger partial charge < -0.3 is 19.3 Å². The molecule has 0 amide bonds. The number of aliphatic hydroxyl groups is 1. The second kappa shape index (κ2) is 7.81. The van der Waals surface area contributed by atoms with Gasteiger partial charge in [0.2, 0.25) is 0 Å². The van der Waals surface area contributed by atoms with Crippen LogP contribution in [0.3, 0.4) is 0 Å². The van der Waals surface area contributed by atoms with Crippen LogP contribution in [0, 0.1) is 5.82 Å². The zero-order chi connectivity index (χ0) is 20.7. The number of piperidine rings is 1. The summed E-state index contributed by atoms with van der Waals surface area (Å²) in [4.78, 5) is 2.40. The molecule has 1 aromatic carbocycles. The topological polar surface area (TPSA) is 51.2 Å². The van der Waals surface area contributed by atoms with Crippen molar-refractivity contribution >= 4 is 0 Å². The van der Waals surface area contributed by atoms with Crippen LogP contribution >= 0.6 is 0 Å². The minimum atomic E-state index is -1.05. The molecule has 1 saturated heterocycles. The Labute approximate surface area is 167 Å². The maximum absolute atomic E-state index is 15.3. The number of fused-ring (bicyclic) bond motifs is 3. The second-order valence-corrected chi connectivity index (χ2v) is 9.58. The van der Waals surface area contributed by atoms with Crippen molar-refractivity contribution in [2.75, 3.05) is 26.8 Å². The number of benzene rings is 1. The fraction of sp³-hybridized carbons (Fsp3) is 0.727. The number of ether oxygens (including phenoxy) is 3. The number of rotatable bonds is 5. The molecule has 2 atom stereocenters. The zero-order valence-electron chi connectivity index (χ0n) is 18.0. The monoisotopic (exact) mass is 395 g/mol. The fourth-order valence-electron chi connectivity index (χ4n) is 4.21. The summed E-state index contributed by atoms with van der Waals surface area (Å²) in [6, 6.07) is 2.09. The van der Waals surface area contributed by atoms with Crippen LogP contribution in [-0.4, -0.2) is 54.1 Å². The highest BCUT2D eigenvalue weighted by Gasteiger charge is 2.37. The molecule has 28 heavy (non-hydrogen) atoms. The van der Waals surface area contributed by atoms with Crippen LogP contribution in [0.15, 0.2) is 6.07 Å². The van der Waals surface area contributed by atoms with Gasteiger partial charge in [-0.15, -0.1) is 0 Å². The van der Waals surface area contributed by atoms with Crippen molar-refractivity contribution in [2.24, 2.45) is 0 Å². The van der Waals surface area contributed by atoms with Gasteiger partial charge in [-0.25, -0.2) is 4.39 Å². The van der Waals surface area contributed by atoms with E-state index < -0.39 is 5.60 Å². The highest BCUT2D eigenvalue weighted by Crippen LogP contribution is 2.44. The summed E-state index contributed by atoms with van der Waals surface area (Å²) >= 11 is 0. The quantitative estimate of drug-likeness (QED) is 0.820. The van der Waals surface area contributed by atoms with Crippen LogP contribution in [0.1, 0.15) is 64.6 Å². The number of halogens is 1. The molecular weight excluding hydrogens is 361 g/mol. The molecule has 6 heteroatoms. The van der Waals surface area contributed by atoms with E-state index in [2.05, 4.69) is 25.7 Å². The van der Waals surface area contributed by atoms with E-state index in [-0.39, 0.29) is 35.9 Å². The summed E-state index contributed by atoms with van der Waals surface area (Å²) in [6.45, 7) is 11.2. The maximum Gasteiger partial charge on any atom is 0.197 e. The Morgan fingerprint density at radius 2 is 1.93 bits per heavy atom. The van der Waals surface area contributed by atoms with Gasteiger partial charge in [-0.3, -0.25) is 4.90 Å². The van der Waals surface area contributed by atoms with Crippen molar-refractivity contribution < 1.29 is 23.7 Å². The average Bonchev–Trinajstić information content (AvgIpc) is 2.57. The number of nitrogens with zero attached hydrogens (tertiary/aromatic N) is 1. The lowest BCUT2D eigenvalue weighted by Crippen LogP contribution is -2.47. The molecule has 1 N–H and O–H groups in total. The summed E-state index contributed by atoms with van der Waals surface area (Å²) in [5.41, 5.74) is 0.497. The molecule has 1 fully saturated rings. The van der Waals surface area contributed by atoms with E-state index in [1.807, 2.05) is 6.07 Å². The Kier molecular flexibility index (Phi) is 5.95. The molecule has 2 aliphatic rings. The van der Waals surface area contributed by atoms with E-state index in [1.54, 1.807) is 13.8 Å². The van der Waals surface area contributed by atoms with Crippen molar-refractivity contribution in [1.29, 1.82) is 0 Å². The molecule has 0 bridgehead atoms. The SMILES string of the molecule is COc1cc2c(c(F)c1OCC(C)(C)O)CCN1CC(OC(C)(C)C)CCC21. The van der Waals surface area contributed by atoms with Crippen LogP contribution in [0.4, 0.5) is 4.39 Å². The molecule has 0 aromatic heterocycles. The lowest BCUT2D eigenvalue weighted by Gasteiger charge is -2.45. The Balaban J connectivity index is 1.84. The molecule has 3 rings (SSSR count). The lowest BCUT2D eigenvalue weighted by atomic mass is 9.85. The van der Waals surface area contributed by atoms with Crippen LogP contribution in [0.5, 0.6) is 11.5 Å². The Hall–Kier alpha value is -1.37. The third-order valence-corrected chi connectivity index (χ3v) is 5.28. The van der Waals surface area contributed by atoms with Crippen molar-refractivity contribution in [3.8, 4) is 11.5 Å². The zero-order valence-corrected chi connectivity index (χ0v) is 18.0. The van der Waals surface area contributed by atoms with Gasteiger partial charge in [-0.05, 0) is 71.1 Å². The van der Waals surface area contributed by atoms with E-state index in [4.69, 9.17) is 14.2 Å². The predicted octanol–water partition coefficient (Wildman–Crippen LogP) is 3.86. The standard InChI is InChI=1S/C22H34FNO4/c1-21(2,3)28-14-7-8-17-16-11-18(26-6)20(27-13-22(4,5)25)19(23)15(16)9-10-24(17)12-14/h11,14,17,25H,7-10,12-13H2,1-6H3. The van der Waals surface area contributed by atoms with Gasteiger partial charge in [-0.1, -0.05) is 0 Å². The highest BCUT2D eigenvalue weighted by molar-refractivity contribution is 5.51. The first-order chi connectivity index (χ1) is 13.0. The normalized spacial score (nSPS) is 23.1. The molecule has 1 aromatic rings. The Morgan fingerprint density at radius 1 is 1.21 bits per heavy atom. The predicted molar refractivity (Wildman–Crippen MR) is 107 cm³/mol. The minimum absolute atomic E-state index is 0.000439. The number of methoxy groups -OCH3 is 1. The van der Waals surface area contributed by atoms with Crippen LogP contribution in [0.2, 0.25) is 0 Å². The van der Waals surface area contributed by atoms with Gasteiger partial charge in [0.15, 0.2) is 17.3 Å². The third-order valence-electron chi connectivity index (χ3n) is 5.28. The Bertz CT molecular complexity index is 708. The van der Waals surface area contributed by atoms with Gasteiger partial charge in [0.05, 0.1) is 24.4 Å². The third kappa shape index (κ3) is 4.78. The molecule has 5 nitrogen and oxygen atoms in total. The van der Waals surface area contributed by atoms with Crippen LogP contribution < -0.4 is 9.47 Å². The van der Waals surface area contributed by atoms with Gasteiger partial charge in [0.1, 0.15) is 6.61 Å². The molecule has 2 unspecified atom stereocenters. The molecule has 0 aliphatic carbocycles. The summed E-state index contributed by atoms with van der Waals surface area (Å²) in [5.74, 6) is 0.128. The molecule has 2 aliphatic heterocycles. The van der Waals surface area contributed by atoms with Crippen molar-refractivity contribution in [3.05, 3.63) is 23.0 Å². The summed E-state index contributed by atoms with van der Waals surface area (Å²) < 4.78 is 32.5. The summed E-state index contributed by atoms with van der Waals surface area (Å²) in [7, 11) is 1.52. The molecule has 0 radical (unpaired) electrons. The lowest BCUT2D eigenvalue weighted by molar-refractivity contribution is -0.0972. The highest BCUT2D eigenvalue weighted by atomic mass is 19.1. The Morgan fingerprint density at radius 3 is 2.54 bits per heavy atom. The number of hydrogen-bond donors (Lipinski definition) is 1. The van der Waals surface area contributed by atoms with Gasteiger partial charge >= 0.3 is 0 Å². The molecule has 2 heterocycles. The second-order valence-electron chi connectivity index (χ2n) is 9.58. The van der Waals surface area contributed by atoms with Crippen molar-refractivity contribution in [1.82, 2.24) is 4.90 Å². The first kappa shape index (κ1) is 21.3. The molecular formula is C22H34FNO4. The molecule has 0 spiro atoms. The first-order valence-corrected chi connectivity index (χ1v) is 10.1. The fourth-order valence-corrected chi connectivity index (χ4v) is 4.21. The van der Waals surface area contributed by atoms with Gasteiger partial charge in [0, 0.05) is 19.1 Å².